The van der Waals surface area contributed by atoms with Gasteiger partial charge in [0.25, 0.3) is 0 Å². The predicted molar refractivity (Wildman–Crippen MR) is 112 cm³/mol. The van der Waals surface area contributed by atoms with E-state index in [0.29, 0.717) is 12.2 Å². The summed E-state index contributed by atoms with van der Waals surface area (Å²) >= 11 is 1.42. The molecule has 2 aromatic carbocycles. The summed E-state index contributed by atoms with van der Waals surface area (Å²) < 4.78 is 13.3. The van der Waals surface area contributed by atoms with Crippen molar-refractivity contribution < 1.29 is 9.18 Å². The first-order valence-corrected chi connectivity index (χ1v) is 10.2. The maximum atomic E-state index is 13.3. The summed E-state index contributed by atoms with van der Waals surface area (Å²) in [5.41, 5.74) is 2.73. The summed E-state index contributed by atoms with van der Waals surface area (Å²) in [7, 11) is 2.08. The van der Waals surface area contributed by atoms with Crippen molar-refractivity contribution in [2.75, 3.05) is 20.1 Å². The van der Waals surface area contributed by atoms with Crippen molar-refractivity contribution in [3.63, 3.8) is 0 Å². The van der Waals surface area contributed by atoms with Gasteiger partial charge in [-0.15, -0.1) is 11.3 Å². The Kier molecular flexibility index (Phi) is 7.28. The molecule has 6 heteroatoms. The highest BCUT2D eigenvalue weighted by Gasteiger charge is 2.09. The second-order valence-electron chi connectivity index (χ2n) is 6.76. The van der Waals surface area contributed by atoms with Crippen molar-refractivity contribution in [2.24, 2.45) is 0 Å². The molecule has 0 aliphatic rings. The standard InChI is InChI=1S/C22H24FN3OS/c1-26(15-17-7-3-2-4-8-17)12-6-11-24-21(27)14-20-16-28-22(25-20)18-9-5-10-19(23)13-18/h2-5,7-10,13,16H,6,11-12,14-15H2,1H3,(H,24,27). The second kappa shape index (κ2) is 10.1. The van der Waals surface area contributed by atoms with Crippen LogP contribution in [0.15, 0.2) is 60.0 Å². The molecule has 0 fully saturated rings. The van der Waals surface area contributed by atoms with Gasteiger partial charge in [-0.25, -0.2) is 9.37 Å². The molecule has 0 radical (unpaired) electrons. The van der Waals surface area contributed by atoms with Gasteiger partial charge in [0.2, 0.25) is 5.91 Å². The molecule has 0 atom stereocenters. The van der Waals surface area contributed by atoms with E-state index in [2.05, 4.69) is 34.4 Å². The van der Waals surface area contributed by atoms with E-state index in [9.17, 15) is 9.18 Å². The summed E-state index contributed by atoms with van der Waals surface area (Å²) in [4.78, 5) is 18.8. The van der Waals surface area contributed by atoms with Crippen LogP contribution in [0.5, 0.6) is 0 Å². The molecule has 0 spiro atoms. The van der Waals surface area contributed by atoms with E-state index in [1.165, 1.54) is 29.0 Å². The van der Waals surface area contributed by atoms with Crippen molar-refractivity contribution in [3.05, 3.63) is 77.1 Å². The highest BCUT2D eigenvalue weighted by Crippen LogP contribution is 2.24. The maximum Gasteiger partial charge on any atom is 0.226 e. The first-order valence-electron chi connectivity index (χ1n) is 9.29. The molecular formula is C22H24FN3OS. The first-order chi connectivity index (χ1) is 13.6. The molecule has 1 heterocycles. The van der Waals surface area contributed by atoms with Crippen molar-refractivity contribution >= 4 is 17.2 Å². The van der Waals surface area contributed by atoms with Crippen LogP contribution < -0.4 is 5.32 Å². The second-order valence-corrected chi connectivity index (χ2v) is 7.62. The van der Waals surface area contributed by atoms with Gasteiger partial charge in [0.05, 0.1) is 12.1 Å². The van der Waals surface area contributed by atoms with E-state index in [4.69, 9.17) is 0 Å². The lowest BCUT2D eigenvalue weighted by Crippen LogP contribution is -2.29. The molecule has 146 valence electrons. The average Bonchev–Trinajstić information content (AvgIpc) is 3.14. The smallest absolute Gasteiger partial charge is 0.226 e. The van der Waals surface area contributed by atoms with E-state index in [0.717, 1.165) is 30.1 Å². The fourth-order valence-electron chi connectivity index (χ4n) is 2.92. The minimum absolute atomic E-state index is 0.0400. The van der Waals surface area contributed by atoms with Crippen LogP contribution in [-0.2, 0) is 17.8 Å². The maximum absolute atomic E-state index is 13.3. The lowest BCUT2D eigenvalue weighted by molar-refractivity contribution is -0.120. The Labute approximate surface area is 169 Å². The van der Waals surface area contributed by atoms with Gasteiger partial charge in [-0.1, -0.05) is 42.5 Å². The molecule has 1 N–H and O–H groups in total. The fraction of sp³-hybridized carbons (Fsp3) is 0.273. The van der Waals surface area contributed by atoms with Gasteiger partial charge in [-0.05, 0) is 37.7 Å². The molecule has 4 nitrogen and oxygen atoms in total. The summed E-state index contributed by atoms with van der Waals surface area (Å²) in [6.45, 7) is 2.45. The number of nitrogens with one attached hydrogen (secondary N) is 1. The van der Waals surface area contributed by atoms with E-state index in [-0.39, 0.29) is 18.1 Å². The van der Waals surface area contributed by atoms with Gasteiger partial charge >= 0.3 is 0 Å². The van der Waals surface area contributed by atoms with E-state index < -0.39 is 0 Å². The van der Waals surface area contributed by atoms with Crippen LogP contribution in [0.25, 0.3) is 10.6 Å². The normalized spacial score (nSPS) is 11.0. The number of aromatic nitrogens is 1. The summed E-state index contributed by atoms with van der Waals surface area (Å²) in [5.74, 6) is -0.328. The predicted octanol–water partition coefficient (Wildman–Crippen LogP) is 4.13. The molecule has 0 aliphatic heterocycles. The molecular weight excluding hydrogens is 373 g/mol. The van der Waals surface area contributed by atoms with Crippen molar-refractivity contribution in [1.29, 1.82) is 0 Å². The monoisotopic (exact) mass is 397 g/mol. The lowest BCUT2D eigenvalue weighted by atomic mass is 10.2. The number of carbonyl (C=O) groups excluding carboxylic acids is 1. The number of carbonyl (C=O) groups is 1. The van der Waals surface area contributed by atoms with Crippen LogP contribution in [-0.4, -0.2) is 35.9 Å². The Morgan fingerprint density at radius 3 is 2.79 bits per heavy atom. The zero-order valence-corrected chi connectivity index (χ0v) is 16.7. The number of benzene rings is 2. The third kappa shape index (κ3) is 6.25. The molecule has 1 aromatic heterocycles. The Balaban J connectivity index is 1.38. The van der Waals surface area contributed by atoms with Gasteiger partial charge in [-0.3, -0.25) is 4.79 Å². The lowest BCUT2D eigenvalue weighted by Gasteiger charge is -2.16. The van der Waals surface area contributed by atoms with Crippen LogP contribution >= 0.6 is 11.3 Å². The van der Waals surface area contributed by atoms with Crippen molar-refractivity contribution in [2.45, 2.75) is 19.4 Å². The highest BCUT2D eigenvalue weighted by molar-refractivity contribution is 7.13. The summed E-state index contributed by atoms with van der Waals surface area (Å²) in [6, 6.07) is 16.7. The highest BCUT2D eigenvalue weighted by atomic mass is 32.1. The molecule has 28 heavy (non-hydrogen) atoms. The van der Waals surface area contributed by atoms with Gasteiger partial charge in [0.1, 0.15) is 10.8 Å². The SMILES string of the molecule is CN(CCCNC(=O)Cc1csc(-c2cccc(F)c2)n1)Cc1ccccc1. The molecule has 0 bridgehead atoms. The third-order valence-electron chi connectivity index (χ3n) is 4.30. The van der Waals surface area contributed by atoms with Crippen LogP contribution in [0.3, 0.4) is 0 Å². The Morgan fingerprint density at radius 2 is 2.00 bits per heavy atom. The van der Waals surface area contributed by atoms with Gasteiger partial charge < -0.3 is 10.2 Å². The molecule has 0 aliphatic carbocycles. The van der Waals surface area contributed by atoms with E-state index in [1.54, 1.807) is 6.07 Å². The first kappa shape index (κ1) is 20.2. The number of thiazole rings is 1. The van der Waals surface area contributed by atoms with Gasteiger partial charge in [0.15, 0.2) is 0 Å². The molecule has 3 rings (SSSR count). The Bertz CT molecular complexity index is 898. The number of amides is 1. The minimum atomic E-state index is -0.288. The van der Waals surface area contributed by atoms with Gasteiger partial charge in [0, 0.05) is 24.0 Å². The number of hydrogen-bond acceptors (Lipinski definition) is 4. The fourth-order valence-corrected chi connectivity index (χ4v) is 3.74. The van der Waals surface area contributed by atoms with Crippen molar-refractivity contribution in [1.82, 2.24) is 15.2 Å². The number of rotatable bonds is 9. The molecule has 0 saturated carbocycles. The zero-order valence-electron chi connectivity index (χ0n) is 15.9. The summed E-state index contributed by atoms with van der Waals surface area (Å²) in [5, 5.41) is 5.53. The Hall–Kier alpha value is -2.57. The van der Waals surface area contributed by atoms with Crippen LogP contribution in [0, 0.1) is 5.82 Å². The number of nitrogens with zero attached hydrogens (tertiary/aromatic N) is 2. The van der Waals surface area contributed by atoms with Crippen LogP contribution in [0.1, 0.15) is 17.7 Å². The quantitative estimate of drug-likeness (QED) is 0.552. The number of halogens is 1. The minimum Gasteiger partial charge on any atom is -0.356 e. The van der Waals surface area contributed by atoms with Crippen molar-refractivity contribution in [3.8, 4) is 10.6 Å². The number of hydrogen-bond donors (Lipinski definition) is 1. The summed E-state index contributed by atoms with van der Waals surface area (Å²) in [6.07, 6.45) is 1.13. The Morgan fingerprint density at radius 1 is 1.18 bits per heavy atom. The van der Waals surface area contributed by atoms with Gasteiger partial charge in [-0.2, -0.15) is 0 Å². The van der Waals surface area contributed by atoms with E-state index in [1.807, 2.05) is 29.6 Å². The average molecular weight is 398 g/mol. The molecule has 3 aromatic rings. The molecule has 1 amide bonds. The topological polar surface area (TPSA) is 45.2 Å². The van der Waals surface area contributed by atoms with Crippen LogP contribution in [0.2, 0.25) is 0 Å². The van der Waals surface area contributed by atoms with E-state index >= 15 is 0 Å². The molecule has 0 unspecified atom stereocenters. The third-order valence-corrected chi connectivity index (χ3v) is 5.24. The zero-order chi connectivity index (χ0) is 19.8. The van der Waals surface area contributed by atoms with Crippen LogP contribution in [0.4, 0.5) is 4.39 Å². The largest absolute Gasteiger partial charge is 0.356 e. The molecule has 0 saturated heterocycles.